The monoisotopic (exact) mass is 469 g/mol. The average molecular weight is 470 g/mol. The van der Waals surface area contributed by atoms with Crippen molar-refractivity contribution in [1.82, 2.24) is 24.9 Å². The molecule has 1 saturated heterocycles. The van der Waals surface area contributed by atoms with Crippen molar-refractivity contribution in [3.05, 3.63) is 46.8 Å². The van der Waals surface area contributed by atoms with Gasteiger partial charge in [0.05, 0.1) is 20.3 Å². The van der Waals surface area contributed by atoms with Gasteiger partial charge in [0.15, 0.2) is 5.69 Å². The van der Waals surface area contributed by atoms with Crippen molar-refractivity contribution < 1.29 is 23.9 Å². The van der Waals surface area contributed by atoms with E-state index in [2.05, 4.69) is 10.4 Å². The fourth-order valence-electron chi connectivity index (χ4n) is 4.34. The minimum atomic E-state index is -0.182. The summed E-state index contributed by atoms with van der Waals surface area (Å²) in [7, 11) is 3.43. The summed E-state index contributed by atoms with van der Waals surface area (Å²) in [5.74, 6) is 0.328. The summed E-state index contributed by atoms with van der Waals surface area (Å²) < 4.78 is 12.3. The number of nitrogens with one attached hydrogen (secondary N) is 1. The molecule has 3 heterocycles. The molecule has 10 heteroatoms. The molecular weight excluding hydrogens is 438 g/mol. The van der Waals surface area contributed by atoms with Crippen LogP contribution in [0.25, 0.3) is 0 Å². The summed E-state index contributed by atoms with van der Waals surface area (Å²) >= 11 is 0. The molecule has 0 atom stereocenters. The third-order valence-corrected chi connectivity index (χ3v) is 6.29. The van der Waals surface area contributed by atoms with Gasteiger partial charge in [-0.15, -0.1) is 0 Å². The van der Waals surface area contributed by atoms with Gasteiger partial charge in [0.1, 0.15) is 5.75 Å². The fourth-order valence-corrected chi connectivity index (χ4v) is 4.34. The van der Waals surface area contributed by atoms with Crippen LogP contribution in [0.1, 0.15) is 40.2 Å². The number of hydrogen-bond donors (Lipinski definition) is 1. The minimum Gasteiger partial charge on any atom is -0.497 e. The van der Waals surface area contributed by atoms with Gasteiger partial charge in [-0.2, -0.15) is 5.10 Å². The highest BCUT2D eigenvalue weighted by Gasteiger charge is 2.31. The van der Waals surface area contributed by atoms with E-state index in [0.717, 1.165) is 22.6 Å². The maximum Gasteiger partial charge on any atom is 0.274 e. The first kappa shape index (κ1) is 23.7. The molecule has 0 aliphatic carbocycles. The van der Waals surface area contributed by atoms with Crippen LogP contribution in [0, 0.1) is 0 Å². The molecule has 0 bridgehead atoms. The van der Waals surface area contributed by atoms with E-state index in [0.29, 0.717) is 58.1 Å². The third-order valence-electron chi connectivity index (χ3n) is 6.29. The average Bonchev–Trinajstić information content (AvgIpc) is 3.21. The SMILES string of the molecule is COc1cccc(CNC(=O)CCC(=O)N2CCc3c(c(C(=O)N4CCOCC4)nn3C)C2)c1. The van der Waals surface area contributed by atoms with Crippen molar-refractivity contribution in [2.45, 2.75) is 32.4 Å². The molecule has 2 aliphatic heterocycles. The van der Waals surface area contributed by atoms with E-state index < -0.39 is 0 Å². The maximum atomic E-state index is 13.0. The molecule has 1 aromatic heterocycles. The number of methoxy groups -OCH3 is 1. The van der Waals surface area contributed by atoms with E-state index in [1.54, 1.807) is 21.6 Å². The first-order valence-corrected chi connectivity index (χ1v) is 11.6. The highest BCUT2D eigenvalue weighted by molar-refractivity contribution is 5.94. The predicted molar refractivity (Wildman–Crippen MR) is 123 cm³/mol. The van der Waals surface area contributed by atoms with Gasteiger partial charge in [-0.05, 0) is 17.7 Å². The van der Waals surface area contributed by atoms with Crippen molar-refractivity contribution in [2.75, 3.05) is 40.0 Å². The summed E-state index contributed by atoms with van der Waals surface area (Å²) in [5, 5.41) is 7.32. The Balaban J connectivity index is 1.31. The molecule has 2 aromatic rings. The van der Waals surface area contributed by atoms with Gasteiger partial charge in [-0.3, -0.25) is 19.1 Å². The number of fused-ring (bicyclic) bond motifs is 1. The van der Waals surface area contributed by atoms with Crippen LogP contribution < -0.4 is 10.1 Å². The molecule has 0 spiro atoms. The molecule has 1 N–H and O–H groups in total. The maximum absolute atomic E-state index is 13.0. The first-order chi connectivity index (χ1) is 16.5. The smallest absolute Gasteiger partial charge is 0.274 e. The number of benzene rings is 1. The topological polar surface area (TPSA) is 106 Å². The van der Waals surface area contributed by atoms with Gasteiger partial charge in [-0.1, -0.05) is 12.1 Å². The number of rotatable bonds is 7. The quantitative estimate of drug-likeness (QED) is 0.646. The Hall–Kier alpha value is -3.40. The zero-order chi connectivity index (χ0) is 24.1. The highest BCUT2D eigenvalue weighted by atomic mass is 16.5. The van der Waals surface area contributed by atoms with Gasteiger partial charge >= 0.3 is 0 Å². The number of carbonyl (C=O) groups excluding carboxylic acids is 3. The molecular formula is C24H31N5O5. The number of amides is 3. The van der Waals surface area contributed by atoms with E-state index in [1.165, 1.54) is 0 Å². The highest BCUT2D eigenvalue weighted by Crippen LogP contribution is 2.24. The number of nitrogens with zero attached hydrogens (tertiary/aromatic N) is 4. The van der Waals surface area contributed by atoms with Crippen LogP contribution in [-0.2, 0) is 40.9 Å². The van der Waals surface area contributed by atoms with Gasteiger partial charge in [0.25, 0.3) is 5.91 Å². The van der Waals surface area contributed by atoms with Crippen LogP contribution >= 0.6 is 0 Å². The number of morpholine rings is 1. The number of hydrogen-bond acceptors (Lipinski definition) is 6. The second kappa shape index (κ2) is 10.7. The third kappa shape index (κ3) is 5.39. The van der Waals surface area contributed by atoms with Crippen LogP contribution in [0.5, 0.6) is 5.75 Å². The molecule has 0 radical (unpaired) electrons. The molecule has 3 amide bonds. The van der Waals surface area contributed by atoms with E-state index in [4.69, 9.17) is 9.47 Å². The standard InChI is InChI=1S/C24H31N5O5/c1-27-20-8-9-29(16-19(20)23(26-27)24(32)28-10-12-34-13-11-28)22(31)7-6-21(30)25-15-17-4-3-5-18(14-17)33-2/h3-5,14H,6-13,15-16H2,1-2H3,(H,25,30). The van der Waals surface area contributed by atoms with E-state index in [9.17, 15) is 14.4 Å². The Bertz CT molecular complexity index is 1060. The van der Waals surface area contributed by atoms with Crippen molar-refractivity contribution in [3.63, 3.8) is 0 Å². The van der Waals surface area contributed by atoms with Crippen LogP contribution in [0.15, 0.2) is 24.3 Å². The van der Waals surface area contributed by atoms with Crippen molar-refractivity contribution in [1.29, 1.82) is 0 Å². The van der Waals surface area contributed by atoms with E-state index in [-0.39, 0.29) is 30.6 Å². The lowest BCUT2D eigenvalue weighted by Crippen LogP contribution is -2.42. The summed E-state index contributed by atoms with van der Waals surface area (Å²) in [4.78, 5) is 41.6. The van der Waals surface area contributed by atoms with Gasteiger partial charge < -0.3 is 24.6 Å². The number of aromatic nitrogens is 2. The Morgan fingerprint density at radius 1 is 1.12 bits per heavy atom. The molecule has 0 saturated carbocycles. The number of aryl methyl sites for hydroxylation is 1. The summed E-state index contributed by atoms with van der Waals surface area (Å²) in [6, 6.07) is 7.48. The lowest BCUT2D eigenvalue weighted by molar-refractivity contribution is -0.134. The molecule has 2 aliphatic rings. The Morgan fingerprint density at radius 3 is 2.68 bits per heavy atom. The predicted octanol–water partition coefficient (Wildman–Crippen LogP) is 0.882. The molecule has 0 unspecified atom stereocenters. The normalized spacial score (nSPS) is 15.6. The summed E-state index contributed by atoms with van der Waals surface area (Å²) in [5.41, 5.74) is 3.13. The van der Waals surface area contributed by atoms with Crippen LogP contribution in [-0.4, -0.2) is 77.3 Å². The largest absolute Gasteiger partial charge is 0.497 e. The molecule has 34 heavy (non-hydrogen) atoms. The van der Waals surface area contributed by atoms with Crippen LogP contribution in [0.4, 0.5) is 0 Å². The fraction of sp³-hybridized carbons (Fsp3) is 0.500. The van der Waals surface area contributed by atoms with Gasteiger partial charge in [0, 0.05) is 70.3 Å². The number of carbonyl (C=O) groups is 3. The zero-order valence-corrected chi connectivity index (χ0v) is 19.7. The van der Waals surface area contributed by atoms with Crippen LogP contribution in [0.2, 0.25) is 0 Å². The second-order valence-electron chi connectivity index (χ2n) is 8.50. The van der Waals surface area contributed by atoms with Crippen LogP contribution in [0.3, 0.4) is 0 Å². The van der Waals surface area contributed by atoms with Gasteiger partial charge in [-0.25, -0.2) is 0 Å². The summed E-state index contributed by atoms with van der Waals surface area (Å²) in [6.45, 7) is 3.37. The Kier molecular flexibility index (Phi) is 7.46. The van der Waals surface area contributed by atoms with Crippen molar-refractivity contribution in [3.8, 4) is 5.75 Å². The molecule has 10 nitrogen and oxygen atoms in total. The lowest BCUT2D eigenvalue weighted by atomic mass is 10.0. The zero-order valence-electron chi connectivity index (χ0n) is 19.7. The van der Waals surface area contributed by atoms with E-state index in [1.807, 2.05) is 31.3 Å². The second-order valence-corrected chi connectivity index (χ2v) is 8.50. The Morgan fingerprint density at radius 2 is 1.91 bits per heavy atom. The van der Waals surface area contributed by atoms with E-state index >= 15 is 0 Å². The summed E-state index contributed by atoms with van der Waals surface area (Å²) in [6.07, 6.45) is 0.855. The molecule has 1 aromatic carbocycles. The molecule has 4 rings (SSSR count). The number of ether oxygens (including phenoxy) is 2. The van der Waals surface area contributed by atoms with Crippen molar-refractivity contribution >= 4 is 17.7 Å². The van der Waals surface area contributed by atoms with Gasteiger partial charge in [0.2, 0.25) is 11.8 Å². The molecule has 182 valence electrons. The molecule has 1 fully saturated rings. The Labute approximate surface area is 198 Å². The van der Waals surface area contributed by atoms with Crippen molar-refractivity contribution in [2.24, 2.45) is 7.05 Å². The minimum absolute atomic E-state index is 0.101. The first-order valence-electron chi connectivity index (χ1n) is 11.6. The lowest BCUT2D eigenvalue weighted by Gasteiger charge is -2.29.